The highest BCUT2D eigenvalue weighted by atomic mass is 16.2. The molecule has 2 fully saturated rings. The zero-order valence-electron chi connectivity index (χ0n) is 19.5. The molecule has 5 rings (SSSR count). The topological polar surface area (TPSA) is 74.6 Å². The molecular weight excluding hydrogens is 416 g/mol. The molecule has 33 heavy (non-hydrogen) atoms. The van der Waals surface area contributed by atoms with Crippen LogP contribution in [0.2, 0.25) is 0 Å². The highest BCUT2D eigenvalue weighted by Crippen LogP contribution is 2.31. The minimum absolute atomic E-state index is 0.0117. The number of carbonyl (C=O) groups is 2. The molecular formula is C25H30N6O2. The van der Waals surface area contributed by atoms with Crippen LogP contribution in [0.15, 0.2) is 36.5 Å². The van der Waals surface area contributed by atoms with Crippen LogP contribution in [0.5, 0.6) is 0 Å². The van der Waals surface area contributed by atoms with Crippen molar-refractivity contribution in [3.63, 3.8) is 0 Å². The summed E-state index contributed by atoms with van der Waals surface area (Å²) in [6.07, 6.45) is 2.48. The van der Waals surface area contributed by atoms with Crippen LogP contribution >= 0.6 is 0 Å². The minimum atomic E-state index is 0.0117. The standard InChI is InChI=1S/C25H30N6O2/c1-17-21(15-26-29(17)3)25(33)31-9-8-18(16-31)23-14-20(19-6-4-5-7-22(19)27-23)24(32)30-12-10-28(2)11-13-30/h4-7,14-15,18H,8-13,16H2,1-3H3. The Morgan fingerprint density at radius 2 is 1.67 bits per heavy atom. The Bertz CT molecular complexity index is 1210. The number of amides is 2. The molecule has 2 aromatic heterocycles. The average molecular weight is 447 g/mol. The Hall–Kier alpha value is -3.26. The molecule has 1 atom stereocenters. The van der Waals surface area contributed by atoms with Gasteiger partial charge in [-0.1, -0.05) is 18.2 Å². The summed E-state index contributed by atoms with van der Waals surface area (Å²) in [5.74, 6) is 0.187. The molecule has 3 aromatic rings. The molecule has 1 aromatic carbocycles. The third kappa shape index (κ3) is 3.99. The number of aromatic nitrogens is 3. The lowest BCUT2D eigenvalue weighted by molar-refractivity contribution is 0.0665. The van der Waals surface area contributed by atoms with Gasteiger partial charge in [-0.2, -0.15) is 5.10 Å². The normalized spacial score (nSPS) is 19.4. The quantitative estimate of drug-likeness (QED) is 0.617. The summed E-state index contributed by atoms with van der Waals surface area (Å²) in [6.45, 7) is 6.42. The second kappa shape index (κ2) is 8.59. The summed E-state index contributed by atoms with van der Waals surface area (Å²) in [5.41, 5.74) is 3.96. The predicted octanol–water partition coefficient (Wildman–Crippen LogP) is 2.29. The van der Waals surface area contributed by atoms with Crippen molar-refractivity contribution >= 4 is 22.7 Å². The van der Waals surface area contributed by atoms with Gasteiger partial charge >= 0.3 is 0 Å². The fourth-order valence-corrected chi connectivity index (χ4v) is 4.83. The monoisotopic (exact) mass is 446 g/mol. The van der Waals surface area contributed by atoms with Gasteiger partial charge in [0.25, 0.3) is 11.8 Å². The van der Waals surface area contributed by atoms with Gasteiger partial charge in [0.2, 0.25) is 0 Å². The molecule has 0 spiro atoms. The molecule has 8 heteroatoms. The van der Waals surface area contributed by atoms with Crippen LogP contribution in [-0.2, 0) is 7.05 Å². The number of hydrogen-bond donors (Lipinski definition) is 0. The van der Waals surface area contributed by atoms with Crippen molar-refractivity contribution in [2.75, 3.05) is 46.3 Å². The van der Waals surface area contributed by atoms with Gasteiger partial charge < -0.3 is 14.7 Å². The third-order valence-corrected chi connectivity index (χ3v) is 7.12. The van der Waals surface area contributed by atoms with Gasteiger partial charge in [-0.3, -0.25) is 19.3 Å². The maximum Gasteiger partial charge on any atom is 0.257 e. The fraction of sp³-hybridized carbons (Fsp3) is 0.440. The summed E-state index contributed by atoms with van der Waals surface area (Å²) in [5, 5.41) is 5.10. The first-order valence-electron chi connectivity index (χ1n) is 11.6. The number of para-hydroxylation sites is 1. The molecule has 0 N–H and O–H groups in total. The van der Waals surface area contributed by atoms with Crippen molar-refractivity contribution in [3.05, 3.63) is 59.0 Å². The molecule has 0 bridgehead atoms. The fourth-order valence-electron chi connectivity index (χ4n) is 4.83. The lowest BCUT2D eigenvalue weighted by atomic mass is 9.98. The molecule has 2 aliphatic heterocycles. The van der Waals surface area contributed by atoms with Crippen LogP contribution in [0.25, 0.3) is 10.9 Å². The van der Waals surface area contributed by atoms with E-state index in [9.17, 15) is 9.59 Å². The van der Waals surface area contributed by atoms with Gasteiger partial charge in [0, 0.05) is 69.0 Å². The first kappa shape index (κ1) is 21.6. The third-order valence-electron chi connectivity index (χ3n) is 7.12. The number of hydrogen-bond acceptors (Lipinski definition) is 5. The van der Waals surface area contributed by atoms with Crippen LogP contribution in [0.3, 0.4) is 0 Å². The molecule has 1 unspecified atom stereocenters. The molecule has 2 aliphatic rings. The largest absolute Gasteiger partial charge is 0.338 e. The number of likely N-dealkylation sites (tertiary alicyclic amines) is 1. The number of carbonyl (C=O) groups excluding carboxylic acids is 2. The number of piperazine rings is 1. The Kier molecular flexibility index (Phi) is 5.62. The van der Waals surface area contributed by atoms with Crippen LogP contribution in [0, 0.1) is 6.92 Å². The smallest absolute Gasteiger partial charge is 0.257 e. The van der Waals surface area contributed by atoms with Crippen LogP contribution in [0.1, 0.15) is 44.4 Å². The zero-order valence-corrected chi connectivity index (χ0v) is 19.5. The first-order valence-corrected chi connectivity index (χ1v) is 11.6. The van der Waals surface area contributed by atoms with Crippen LogP contribution in [0.4, 0.5) is 0 Å². The Balaban J connectivity index is 1.42. The SMILES string of the molecule is Cc1c(C(=O)N2CCC(c3cc(C(=O)N4CCN(C)CC4)c4ccccc4n3)C2)cnn1C. The summed E-state index contributed by atoms with van der Waals surface area (Å²) in [4.78, 5) is 37.5. The van der Waals surface area contributed by atoms with Crippen molar-refractivity contribution in [1.82, 2.24) is 29.5 Å². The average Bonchev–Trinajstić information content (AvgIpc) is 3.45. The highest BCUT2D eigenvalue weighted by Gasteiger charge is 2.31. The summed E-state index contributed by atoms with van der Waals surface area (Å²) >= 11 is 0. The van der Waals surface area contributed by atoms with E-state index in [1.54, 1.807) is 10.9 Å². The van der Waals surface area contributed by atoms with E-state index in [0.29, 0.717) is 24.2 Å². The summed E-state index contributed by atoms with van der Waals surface area (Å²) in [6, 6.07) is 9.83. The lowest BCUT2D eigenvalue weighted by Crippen LogP contribution is -2.47. The lowest BCUT2D eigenvalue weighted by Gasteiger charge is -2.32. The second-order valence-corrected chi connectivity index (χ2v) is 9.21. The van der Waals surface area contributed by atoms with Crippen LogP contribution in [-0.4, -0.2) is 87.6 Å². The number of nitrogens with zero attached hydrogens (tertiary/aromatic N) is 6. The molecule has 8 nitrogen and oxygen atoms in total. The maximum atomic E-state index is 13.5. The van der Waals surface area contributed by atoms with Crippen molar-refractivity contribution in [3.8, 4) is 0 Å². The van der Waals surface area contributed by atoms with Crippen molar-refractivity contribution in [2.24, 2.45) is 7.05 Å². The van der Waals surface area contributed by atoms with E-state index in [-0.39, 0.29) is 17.7 Å². The van der Waals surface area contributed by atoms with Gasteiger partial charge in [0.05, 0.1) is 22.8 Å². The summed E-state index contributed by atoms with van der Waals surface area (Å²) < 4.78 is 1.72. The number of fused-ring (bicyclic) bond motifs is 1. The Labute approximate surface area is 193 Å². The minimum Gasteiger partial charge on any atom is -0.338 e. The molecule has 0 saturated carbocycles. The Morgan fingerprint density at radius 1 is 0.939 bits per heavy atom. The van der Waals surface area contributed by atoms with E-state index in [1.165, 1.54) is 0 Å². The van der Waals surface area contributed by atoms with Crippen molar-refractivity contribution in [1.29, 1.82) is 0 Å². The second-order valence-electron chi connectivity index (χ2n) is 9.21. The molecule has 0 radical (unpaired) electrons. The number of aryl methyl sites for hydroxylation is 1. The van der Waals surface area contributed by atoms with E-state index >= 15 is 0 Å². The Morgan fingerprint density at radius 3 is 2.39 bits per heavy atom. The molecule has 0 aliphatic carbocycles. The van der Waals surface area contributed by atoms with Gasteiger partial charge in [-0.15, -0.1) is 0 Å². The zero-order chi connectivity index (χ0) is 23.1. The molecule has 2 amide bonds. The van der Waals surface area contributed by atoms with E-state index < -0.39 is 0 Å². The van der Waals surface area contributed by atoms with E-state index in [1.807, 2.05) is 54.1 Å². The number of likely N-dealkylation sites (N-methyl/N-ethyl adjacent to an activating group) is 1. The first-order chi connectivity index (χ1) is 15.9. The van der Waals surface area contributed by atoms with E-state index in [0.717, 1.165) is 54.9 Å². The van der Waals surface area contributed by atoms with Gasteiger partial charge in [0.15, 0.2) is 0 Å². The van der Waals surface area contributed by atoms with Gasteiger partial charge in [0.1, 0.15) is 0 Å². The van der Waals surface area contributed by atoms with E-state index in [4.69, 9.17) is 4.98 Å². The molecule has 2 saturated heterocycles. The number of benzene rings is 1. The van der Waals surface area contributed by atoms with Crippen molar-refractivity contribution < 1.29 is 9.59 Å². The number of pyridine rings is 1. The number of rotatable bonds is 3. The van der Waals surface area contributed by atoms with Crippen LogP contribution < -0.4 is 0 Å². The maximum absolute atomic E-state index is 13.5. The summed E-state index contributed by atoms with van der Waals surface area (Å²) in [7, 11) is 3.93. The molecule has 172 valence electrons. The van der Waals surface area contributed by atoms with Gasteiger partial charge in [-0.05, 0) is 32.5 Å². The highest BCUT2D eigenvalue weighted by molar-refractivity contribution is 6.06. The molecule has 4 heterocycles. The van der Waals surface area contributed by atoms with Crippen molar-refractivity contribution in [2.45, 2.75) is 19.3 Å². The predicted molar refractivity (Wildman–Crippen MR) is 126 cm³/mol. The van der Waals surface area contributed by atoms with E-state index in [2.05, 4.69) is 17.0 Å². The van der Waals surface area contributed by atoms with Gasteiger partial charge in [-0.25, -0.2) is 0 Å².